The summed E-state index contributed by atoms with van der Waals surface area (Å²) >= 11 is 6.70. The van der Waals surface area contributed by atoms with Gasteiger partial charge in [0.2, 0.25) is 0 Å². The van der Waals surface area contributed by atoms with Crippen LogP contribution in [0.15, 0.2) is 42.5 Å². The average molecular weight is 301 g/mol. The Balaban J connectivity index is 1.67. The van der Waals surface area contributed by atoms with Crippen LogP contribution in [0, 0.1) is 5.92 Å². The lowest BCUT2D eigenvalue weighted by molar-refractivity contribution is 0.419. The number of rotatable bonds is 4. The third-order valence-electron chi connectivity index (χ3n) is 4.89. The van der Waals surface area contributed by atoms with E-state index in [0.29, 0.717) is 0 Å². The number of benzene rings is 2. The van der Waals surface area contributed by atoms with Gasteiger partial charge in [0.15, 0.2) is 0 Å². The average Bonchev–Trinajstić information content (AvgIpc) is 2.76. The van der Waals surface area contributed by atoms with Crippen molar-refractivity contribution in [3.63, 3.8) is 0 Å². The Labute approximate surface area is 133 Å². The molecule has 1 unspecified atom stereocenters. The van der Waals surface area contributed by atoms with E-state index in [9.17, 15) is 0 Å². The fourth-order valence-electron chi connectivity index (χ4n) is 3.75. The van der Waals surface area contributed by atoms with Gasteiger partial charge in [0.05, 0.1) is 0 Å². The van der Waals surface area contributed by atoms with E-state index >= 15 is 0 Å². The van der Waals surface area contributed by atoms with Crippen LogP contribution in [0.2, 0.25) is 0 Å². The highest BCUT2D eigenvalue weighted by Gasteiger charge is 2.17. The molecule has 0 nitrogen and oxygen atoms in total. The molecular weight excluding hydrogens is 276 g/mol. The predicted octanol–water partition coefficient (Wildman–Crippen LogP) is 6.35. The molecule has 0 saturated heterocycles. The summed E-state index contributed by atoms with van der Waals surface area (Å²) in [5.41, 5.74) is 1.40. The molecule has 1 saturated carbocycles. The van der Waals surface area contributed by atoms with Crippen molar-refractivity contribution < 1.29 is 0 Å². The Morgan fingerprint density at radius 2 is 1.62 bits per heavy atom. The molecule has 1 fully saturated rings. The van der Waals surface area contributed by atoms with Crippen LogP contribution in [-0.2, 0) is 6.42 Å². The van der Waals surface area contributed by atoms with E-state index in [2.05, 4.69) is 42.5 Å². The van der Waals surface area contributed by atoms with Gasteiger partial charge in [-0.3, -0.25) is 0 Å². The molecule has 21 heavy (non-hydrogen) atoms. The van der Waals surface area contributed by atoms with Crippen LogP contribution in [0.3, 0.4) is 0 Å². The second-order valence-electron chi connectivity index (χ2n) is 6.53. The monoisotopic (exact) mass is 300 g/mol. The molecule has 0 N–H and O–H groups in total. The quantitative estimate of drug-likeness (QED) is 0.456. The molecule has 3 rings (SSSR count). The molecule has 1 aliphatic carbocycles. The summed E-state index contributed by atoms with van der Waals surface area (Å²) < 4.78 is 0. The van der Waals surface area contributed by atoms with E-state index < -0.39 is 0 Å². The summed E-state index contributed by atoms with van der Waals surface area (Å²) in [7, 11) is 0. The molecule has 0 heterocycles. The molecule has 112 valence electrons. The summed E-state index contributed by atoms with van der Waals surface area (Å²) in [6, 6.07) is 15.2. The fraction of sp³-hybridized carbons (Fsp3) is 0.500. The molecule has 0 aromatic heterocycles. The van der Waals surface area contributed by atoms with Crippen molar-refractivity contribution in [3.8, 4) is 0 Å². The van der Waals surface area contributed by atoms with Gasteiger partial charge in [0, 0.05) is 5.38 Å². The Kier molecular flexibility index (Phi) is 5.19. The van der Waals surface area contributed by atoms with E-state index in [1.165, 1.54) is 61.3 Å². The van der Waals surface area contributed by atoms with E-state index in [1.807, 2.05) is 0 Å². The van der Waals surface area contributed by atoms with Crippen LogP contribution < -0.4 is 0 Å². The second-order valence-corrected chi connectivity index (χ2v) is 7.15. The van der Waals surface area contributed by atoms with Crippen LogP contribution in [-0.4, -0.2) is 5.38 Å². The number of alkyl halides is 1. The van der Waals surface area contributed by atoms with Gasteiger partial charge in [-0.25, -0.2) is 0 Å². The molecule has 0 radical (unpaired) electrons. The van der Waals surface area contributed by atoms with Crippen LogP contribution in [0.1, 0.15) is 50.5 Å². The van der Waals surface area contributed by atoms with Crippen LogP contribution in [0.4, 0.5) is 0 Å². The van der Waals surface area contributed by atoms with Crippen molar-refractivity contribution in [3.05, 3.63) is 48.0 Å². The summed E-state index contributed by atoms with van der Waals surface area (Å²) in [6.45, 7) is 0. The lowest BCUT2D eigenvalue weighted by Gasteiger charge is -2.18. The van der Waals surface area contributed by atoms with Gasteiger partial charge >= 0.3 is 0 Å². The molecule has 0 spiro atoms. The van der Waals surface area contributed by atoms with Crippen molar-refractivity contribution >= 4 is 22.4 Å². The first-order valence-electron chi connectivity index (χ1n) is 8.43. The fourth-order valence-corrected chi connectivity index (χ4v) is 4.17. The third kappa shape index (κ3) is 4.01. The standard InChI is InChI=1S/C20H25Cl/c21-19(14-16-8-3-1-2-4-9-16)15-18-12-7-11-17-10-5-6-13-20(17)18/h5-7,10-13,16,19H,1-4,8-9,14-15H2. The second kappa shape index (κ2) is 7.31. The van der Waals surface area contributed by atoms with Gasteiger partial charge in [-0.2, -0.15) is 0 Å². The maximum atomic E-state index is 6.70. The van der Waals surface area contributed by atoms with Gasteiger partial charge in [-0.05, 0) is 35.1 Å². The Morgan fingerprint density at radius 1 is 0.905 bits per heavy atom. The zero-order chi connectivity index (χ0) is 14.5. The van der Waals surface area contributed by atoms with Gasteiger partial charge in [-0.15, -0.1) is 11.6 Å². The highest BCUT2D eigenvalue weighted by atomic mass is 35.5. The summed E-state index contributed by atoms with van der Waals surface area (Å²) in [5, 5.41) is 2.97. The Morgan fingerprint density at radius 3 is 2.43 bits per heavy atom. The van der Waals surface area contributed by atoms with Crippen molar-refractivity contribution in [1.82, 2.24) is 0 Å². The first-order chi connectivity index (χ1) is 10.3. The Bertz CT molecular complexity index is 562. The highest BCUT2D eigenvalue weighted by molar-refractivity contribution is 6.20. The summed E-state index contributed by atoms with van der Waals surface area (Å²) in [4.78, 5) is 0. The largest absolute Gasteiger partial charge is 0.123 e. The summed E-state index contributed by atoms with van der Waals surface area (Å²) in [6.07, 6.45) is 10.6. The maximum Gasteiger partial charge on any atom is 0.0379 e. The van der Waals surface area contributed by atoms with Crippen LogP contribution in [0.25, 0.3) is 10.8 Å². The lowest BCUT2D eigenvalue weighted by Crippen LogP contribution is -2.11. The van der Waals surface area contributed by atoms with Crippen LogP contribution in [0.5, 0.6) is 0 Å². The topological polar surface area (TPSA) is 0 Å². The van der Waals surface area contributed by atoms with Gasteiger partial charge < -0.3 is 0 Å². The first kappa shape index (κ1) is 14.9. The minimum atomic E-state index is 0.277. The third-order valence-corrected chi connectivity index (χ3v) is 5.22. The normalized spacial score (nSPS) is 18.5. The van der Waals surface area contributed by atoms with Crippen LogP contribution >= 0.6 is 11.6 Å². The predicted molar refractivity (Wildman–Crippen MR) is 93.1 cm³/mol. The number of hydrogen-bond donors (Lipinski definition) is 0. The van der Waals surface area contributed by atoms with E-state index in [0.717, 1.165) is 12.3 Å². The number of halogens is 1. The van der Waals surface area contributed by atoms with Gasteiger partial charge in [0.25, 0.3) is 0 Å². The molecule has 2 aromatic rings. The first-order valence-corrected chi connectivity index (χ1v) is 8.87. The smallest absolute Gasteiger partial charge is 0.0379 e. The lowest BCUT2D eigenvalue weighted by atomic mass is 9.92. The molecule has 1 atom stereocenters. The van der Waals surface area contributed by atoms with E-state index in [1.54, 1.807) is 0 Å². The SMILES string of the molecule is ClC(Cc1cccc2ccccc12)CC1CCCCCC1. The molecule has 2 aromatic carbocycles. The highest BCUT2D eigenvalue weighted by Crippen LogP contribution is 2.30. The molecule has 0 aliphatic heterocycles. The van der Waals surface area contributed by atoms with Crippen molar-refractivity contribution in [1.29, 1.82) is 0 Å². The minimum Gasteiger partial charge on any atom is -0.123 e. The number of hydrogen-bond acceptors (Lipinski definition) is 0. The molecule has 1 heteroatoms. The van der Waals surface area contributed by atoms with Gasteiger partial charge in [-0.1, -0.05) is 81.0 Å². The van der Waals surface area contributed by atoms with E-state index in [-0.39, 0.29) is 5.38 Å². The zero-order valence-electron chi connectivity index (χ0n) is 12.7. The Hall–Kier alpha value is -1.01. The van der Waals surface area contributed by atoms with Crippen molar-refractivity contribution in [2.45, 2.75) is 56.7 Å². The maximum absolute atomic E-state index is 6.70. The minimum absolute atomic E-state index is 0.277. The van der Waals surface area contributed by atoms with E-state index in [4.69, 9.17) is 11.6 Å². The van der Waals surface area contributed by atoms with Crippen molar-refractivity contribution in [2.24, 2.45) is 5.92 Å². The number of fused-ring (bicyclic) bond motifs is 1. The summed E-state index contributed by atoms with van der Waals surface area (Å²) in [5.74, 6) is 0.852. The zero-order valence-corrected chi connectivity index (χ0v) is 13.5. The molecule has 1 aliphatic rings. The van der Waals surface area contributed by atoms with Gasteiger partial charge in [0.1, 0.15) is 0 Å². The molecule has 0 bridgehead atoms. The molecule has 0 amide bonds. The molecular formula is C20H25Cl. The van der Waals surface area contributed by atoms with Crippen molar-refractivity contribution in [2.75, 3.05) is 0 Å².